The van der Waals surface area contributed by atoms with Crippen molar-refractivity contribution in [3.05, 3.63) is 0 Å². The predicted octanol–water partition coefficient (Wildman–Crippen LogP) is 1.73. The predicted molar refractivity (Wildman–Crippen MR) is 63.8 cm³/mol. The standard InChI is InChI=1S/C11H23NO2S/c1-3-4-8-15(13,14)11-7-5-6-10(9-11)12-2/h10-12H,3-9H2,1-2H3. The maximum atomic E-state index is 12.0. The molecule has 0 aromatic rings. The third-order valence-corrected chi connectivity index (χ3v) is 5.63. The molecule has 1 aliphatic rings. The van der Waals surface area contributed by atoms with Gasteiger partial charge in [0.1, 0.15) is 0 Å². The molecule has 2 unspecified atom stereocenters. The van der Waals surface area contributed by atoms with E-state index in [1.54, 1.807) is 0 Å². The average molecular weight is 233 g/mol. The first-order valence-electron chi connectivity index (χ1n) is 5.99. The maximum absolute atomic E-state index is 12.0. The summed E-state index contributed by atoms with van der Waals surface area (Å²) in [6.45, 7) is 2.03. The van der Waals surface area contributed by atoms with Crippen molar-refractivity contribution in [2.24, 2.45) is 0 Å². The van der Waals surface area contributed by atoms with Crippen LogP contribution in [0.4, 0.5) is 0 Å². The Morgan fingerprint density at radius 3 is 2.67 bits per heavy atom. The molecule has 0 aromatic heterocycles. The lowest BCUT2D eigenvalue weighted by Crippen LogP contribution is -2.38. The molecular weight excluding hydrogens is 210 g/mol. The zero-order chi connectivity index (χ0) is 11.3. The second-order valence-corrected chi connectivity index (χ2v) is 6.90. The Hall–Kier alpha value is -0.0900. The Bertz CT molecular complexity index is 274. The van der Waals surface area contributed by atoms with Gasteiger partial charge in [0.2, 0.25) is 0 Å². The van der Waals surface area contributed by atoms with Gasteiger partial charge in [-0.2, -0.15) is 0 Å². The summed E-state index contributed by atoms with van der Waals surface area (Å²) in [6.07, 6.45) is 5.61. The molecule has 0 aromatic carbocycles. The van der Waals surface area contributed by atoms with Crippen LogP contribution in [0.25, 0.3) is 0 Å². The Morgan fingerprint density at radius 1 is 1.33 bits per heavy atom. The van der Waals surface area contributed by atoms with Crippen molar-refractivity contribution in [3.8, 4) is 0 Å². The quantitative estimate of drug-likeness (QED) is 0.786. The van der Waals surface area contributed by atoms with E-state index in [9.17, 15) is 8.42 Å². The Balaban J connectivity index is 2.54. The Labute approximate surface area is 93.6 Å². The first-order valence-corrected chi connectivity index (χ1v) is 7.70. The summed E-state index contributed by atoms with van der Waals surface area (Å²) in [5, 5.41) is 3.11. The molecule has 0 bridgehead atoms. The third kappa shape index (κ3) is 3.76. The van der Waals surface area contributed by atoms with Crippen LogP contribution < -0.4 is 5.32 Å². The summed E-state index contributed by atoms with van der Waals surface area (Å²) in [5.41, 5.74) is 0. The molecule has 0 saturated heterocycles. The van der Waals surface area contributed by atoms with Crippen LogP contribution >= 0.6 is 0 Å². The van der Waals surface area contributed by atoms with Gasteiger partial charge in [-0.3, -0.25) is 0 Å². The molecule has 0 spiro atoms. The summed E-state index contributed by atoms with van der Waals surface area (Å²) in [4.78, 5) is 0. The molecule has 1 rings (SSSR count). The third-order valence-electron chi connectivity index (χ3n) is 3.32. The van der Waals surface area contributed by atoms with E-state index in [-0.39, 0.29) is 5.25 Å². The second-order valence-electron chi connectivity index (χ2n) is 4.49. The van der Waals surface area contributed by atoms with Gasteiger partial charge in [-0.05, 0) is 32.7 Å². The van der Waals surface area contributed by atoms with Crippen molar-refractivity contribution in [2.75, 3.05) is 12.8 Å². The smallest absolute Gasteiger partial charge is 0.153 e. The van der Waals surface area contributed by atoms with Crippen molar-refractivity contribution in [1.82, 2.24) is 5.32 Å². The van der Waals surface area contributed by atoms with Gasteiger partial charge in [0, 0.05) is 6.04 Å². The number of hydrogen-bond acceptors (Lipinski definition) is 3. The number of nitrogens with one attached hydrogen (secondary N) is 1. The highest BCUT2D eigenvalue weighted by atomic mass is 32.2. The summed E-state index contributed by atoms with van der Waals surface area (Å²) in [5.74, 6) is 0.380. The van der Waals surface area contributed by atoms with Crippen LogP contribution in [0.2, 0.25) is 0 Å². The molecular formula is C11H23NO2S. The van der Waals surface area contributed by atoms with E-state index >= 15 is 0 Å². The first kappa shape index (κ1) is 13.0. The Morgan fingerprint density at radius 2 is 2.07 bits per heavy atom. The van der Waals surface area contributed by atoms with E-state index in [0.29, 0.717) is 11.8 Å². The second kappa shape index (κ2) is 5.85. The van der Waals surface area contributed by atoms with E-state index in [4.69, 9.17) is 0 Å². The molecule has 4 heteroatoms. The lowest BCUT2D eigenvalue weighted by molar-refractivity contribution is 0.390. The van der Waals surface area contributed by atoms with Crippen molar-refractivity contribution < 1.29 is 8.42 Å². The highest BCUT2D eigenvalue weighted by Crippen LogP contribution is 2.25. The normalized spacial score (nSPS) is 27.9. The minimum atomic E-state index is -2.83. The van der Waals surface area contributed by atoms with E-state index < -0.39 is 9.84 Å². The van der Waals surface area contributed by atoms with Crippen molar-refractivity contribution >= 4 is 9.84 Å². The molecule has 0 radical (unpaired) electrons. The molecule has 1 saturated carbocycles. The minimum Gasteiger partial charge on any atom is -0.317 e. The summed E-state index contributed by atoms with van der Waals surface area (Å²) >= 11 is 0. The summed E-state index contributed by atoms with van der Waals surface area (Å²) < 4.78 is 24.0. The Kier molecular flexibility index (Phi) is 5.06. The van der Waals surface area contributed by atoms with Crippen LogP contribution in [0.3, 0.4) is 0 Å². The van der Waals surface area contributed by atoms with Gasteiger partial charge < -0.3 is 5.32 Å². The number of rotatable bonds is 5. The zero-order valence-corrected chi connectivity index (χ0v) is 10.6. The fraction of sp³-hybridized carbons (Fsp3) is 1.00. The van der Waals surface area contributed by atoms with Gasteiger partial charge in [0.05, 0.1) is 11.0 Å². The molecule has 2 atom stereocenters. The molecule has 1 aliphatic carbocycles. The van der Waals surface area contributed by atoms with Crippen molar-refractivity contribution in [3.63, 3.8) is 0 Å². The minimum absolute atomic E-state index is 0.0877. The lowest BCUT2D eigenvalue weighted by Gasteiger charge is -2.28. The highest BCUT2D eigenvalue weighted by Gasteiger charge is 2.30. The number of sulfone groups is 1. The summed E-state index contributed by atoms with van der Waals surface area (Å²) in [6, 6.07) is 0.403. The average Bonchev–Trinajstić information content (AvgIpc) is 2.26. The van der Waals surface area contributed by atoms with E-state index in [1.807, 2.05) is 14.0 Å². The van der Waals surface area contributed by atoms with Crippen LogP contribution in [-0.4, -0.2) is 32.5 Å². The van der Waals surface area contributed by atoms with E-state index in [0.717, 1.165) is 38.5 Å². The lowest BCUT2D eigenvalue weighted by atomic mass is 9.95. The topological polar surface area (TPSA) is 46.2 Å². The van der Waals surface area contributed by atoms with Gasteiger partial charge in [-0.1, -0.05) is 19.8 Å². The summed E-state index contributed by atoms with van der Waals surface area (Å²) in [7, 11) is -0.906. The van der Waals surface area contributed by atoms with Crippen LogP contribution in [-0.2, 0) is 9.84 Å². The van der Waals surface area contributed by atoms with Crippen LogP contribution in [0.15, 0.2) is 0 Å². The maximum Gasteiger partial charge on any atom is 0.153 e. The van der Waals surface area contributed by atoms with Gasteiger partial charge >= 0.3 is 0 Å². The molecule has 0 heterocycles. The fourth-order valence-electron chi connectivity index (χ4n) is 2.25. The molecule has 90 valence electrons. The van der Waals surface area contributed by atoms with E-state index in [1.165, 1.54) is 0 Å². The SMILES string of the molecule is CCCCS(=O)(=O)C1CCCC(NC)C1. The van der Waals surface area contributed by atoms with Gasteiger partial charge in [0.15, 0.2) is 9.84 Å². The fourth-order valence-corrected chi connectivity index (χ4v) is 4.32. The van der Waals surface area contributed by atoms with Gasteiger partial charge in [0.25, 0.3) is 0 Å². The molecule has 1 fully saturated rings. The zero-order valence-electron chi connectivity index (χ0n) is 9.83. The van der Waals surface area contributed by atoms with Gasteiger partial charge in [-0.25, -0.2) is 8.42 Å². The number of hydrogen-bond donors (Lipinski definition) is 1. The molecule has 1 N–H and O–H groups in total. The monoisotopic (exact) mass is 233 g/mol. The molecule has 0 amide bonds. The van der Waals surface area contributed by atoms with E-state index in [2.05, 4.69) is 5.32 Å². The molecule has 3 nitrogen and oxygen atoms in total. The van der Waals surface area contributed by atoms with Crippen LogP contribution in [0.5, 0.6) is 0 Å². The largest absolute Gasteiger partial charge is 0.317 e. The van der Waals surface area contributed by atoms with Crippen molar-refractivity contribution in [2.45, 2.75) is 56.7 Å². The molecule has 0 aliphatic heterocycles. The molecule has 15 heavy (non-hydrogen) atoms. The van der Waals surface area contributed by atoms with Crippen LogP contribution in [0, 0.1) is 0 Å². The highest BCUT2D eigenvalue weighted by molar-refractivity contribution is 7.92. The van der Waals surface area contributed by atoms with Crippen LogP contribution in [0.1, 0.15) is 45.4 Å². The van der Waals surface area contributed by atoms with Gasteiger partial charge in [-0.15, -0.1) is 0 Å². The number of unbranched alkanes of at least 4 members (excludes halogenated alkanes) is 1. The van der Waals surface area contributed by atoms with Crippen molar-refractivity contribution in [1.29, 1.82) is 0 Å². The first-order chi connectivity index (χ1) is 7.10.